The minimum absolute atomic E-state index is 0.0225. The highest BCUT2D eigenvalue weighted by molar-refractivity contribution is 5.82. The molecule has 3 aromatic heterocycles. The van der Waals surface area contributed by atoms with Gasteiger partial charge in [0.15, 0.2) is 5.75 Å². The molecule has 1 aliphatic heterocycles. The molecule has 0 saturated carbocycles. The lowest BCUT2D eigenvalue weighted by Crippen LogP contribution is -2.26. The molecule has 1 aliphatic rings. The summed E-state index contributed by atoms with van der Waals surface area (Å²) >= 11 is 0. The van der Waals surface area contributed by atoms with Gasteiger partial charge in [0.1, 0.15) is 0 Å². The van der Waals surface area contributed by atoms with Gasteiger partial charge in [-0.1, -0.05) is 0 Å². The Morgan fingerprint density at radius 1 is 1.36 bits per heavy atom. The molecule has 3 aromatic rings. The Labute approximate surface area is 142 Å². The Balaban J connectivity index is 1.53. The van der Waals surface area contributed by atoms with E-state index in [4.69, 9.17) is 4.74 Å². The van der Waals surface area contributed by atoms with Crippen LogP contribution in [0.5, 0.6) is 17.6 Å². The normalized spacial score (nSPS) is 17.2. The molecule has 0 unspecified atom stereocenters. The van der Waals surface area contributed by atoms with Crippen LogP contribution in [0.15, 0.2) is 30.9 Å². The van der Waals surface area contributed by atoms with Crippen molar-refractivity contribution in [1.29, 1.82) is 0 Å². The van der Waals surface area contributed by atoms with Gasteiger partial charge in [0, 0.05) is 26.2 Å². The van der Waals surface area contributed by atoms with E-state index in [1.807, 2.05) is 0 Å². The van der Waals surface area contributed by atoms with E-state index >= 15 is 0 Å². The van der Waals surface area contributed by atoms with Gasteiger partial charge >= 0.3 is 6.01 Å². The number of amides is 1. The summed E-state index contributed by atoms with van der Waals surface area (Å²) in [6, 6.07) is 1.78. The topological polar surface area (TPSA) is 106 Å². The van der Waals surface area contributed by atoms with E-state index < -0.39 is 0 Å². The second-order valence-corrected chi connectivity index (χ2v) is 5.89. The summed E-state index contributed by atoms with van der Waals surface area (Å²) in [6.07, 6.45) is 7.23. The van der Waals surface area contributed by atoms with Gasteiger partial charge < -0.3 is 14.7 Å². The van der Waals surface area contributed by atoms with Crippen LogP contribution in [0, 0.1) is 0 Å². The van der Waals surface area contributed by atoms with Crippen molar-refractivity contribution in [2.75, 3.05) is 13.1 Å². The van der Waals surface area contributed by atoms with Gasteiger partial charge in [0.2, 0.25) is 11.8 Å². The van der Waals surface area contributed by atoms with Crippen molar-refractivity contribution in [1.82, 2.24) is 29.6 Å². The molecule has 128 valence electrons. The van der Waals surface area contributed by atoms with Gasteiger partial charge in [-0.15, -0.1) is 0 Å². The van der Waals surface area contributed by atoms with Gasteiger partial charge in [-0.25, -0.2) is 0 Å². The number of carbonyl (C=O) groups is 1. The first-order valence-electron chi connectivity index (χ1n) is 7.88. The number of ether oxygens (including phenoxy) is 1. The van der Waals surface area contributed by atoms with E-state index in [0.29, 0.717) is 23.2 Å². The van der Waals surface area contributed by atoms with Crippen LogP contribution in [0.3, 0.4) is 0 Å². The number of aromatic hydroxyl groups is 1. The van der Waals surface area contributed by atoms with E-state index in [1.165, 1.54) is 6.20 Å². The summed E-state index contributed by atoms with van der Waals surface area (Å²) in [4.78, 5) is 25.4. The molecule has 1 atom stereocenters. The summed E-state index contributed by atoms with van der Waals surface area (Å²) < 4.78 is 7.39. The van der Waals surface area contributed by atoms with E-state index in [-0.39, 0.29) is 23.8 Å². The molecule has 4 heterocycles. The van der Waals surface area contributed by atoms with Crippen LogP contribution >= 0.6 is 0 Å². The summed E-state index contributed by atoms with van der Waals surface area (Å²) in [5, 5.41) is 14.8. The fourth-order valence-electron chi connectivity index (χ4n) is 2.91. The molecule has 9 heteroatoms. The smallest absolute Gasteiger partial charge is 0.326 e. The third-order valence-corrected chi connectivity index (χ3v) is 4.23. The summed E-state index contributed by atoms with van der Waals surface area (Å²) in [5.74, 6) is 0.367. The number of pyridine rings is 1. The van der Waals surface area contributed by atoms with Crippen LogP contribution in [-0.2, 0) is 4.79 Å². The predicted molar refractivity (Wildman–Crippen MR) is 87.2 cm³/mol. The van der Waals surface area contributed by atoms with Crippen LogP contribution in [0.1, 0.15) is 19.4 Å². The van der Waals surface area contributed by atoms with Gasteiger partial charge in [0.25, 0.3) is 0 Å². The average Bonchev–Trinajstić information content (AvgIpc) is 3.24. The zero-order valence-electron chi connectivity index (χ0n) is 13.5. The molecule has 0 bridgehead atoms. The zero-order valence-corrected chi connectivity index (χ0v) is 13.5. The molecule has 9 nitrogen and oxygen atoms in total. The minimum Gasteiger partial charge on any atom is -0.493 e. The molecular formula is C16H16N6O3. The van der Waals surface area contributed by atoms with Crippen LogP contribution in [0.2, 0.25) is 0 Å². The number of aromatic nitrogens is 5. The maximum atomic E-state index is 11.4. The lowest BCUT2D eigenvalue weighted by Gasteiger charge is -2.13. The minimum atomic E-state index is -0.164. The molecule has 0 aromatic carbocycles. The number of hydrogen-bond acceptors (Lipinski definition) is 7. The Bertz CT molecular complexity index is 941. The van der Waals surface area contributed by atoms with Crippen LogP contribution in [0.4, 0.5) is 0 Å². The highest BCUT2D eigenvalue weighted by Crippen LogP contribution is 2.27. The molecule has 1 saturated heterocycles. The number of likely N-dealkylation sites (tertiary alicyclic amines) is 1. The number of carbonyl (C=O) groups excluding carboxylic acids is 1. The number of nitrogens with zero attached hydrogens (tertiary/aromatic N) is 6. The quantitative estimate of drug-likeness (QED) is 0.770. The van der Waals surface area contributed by atoms with Gasteiger partial charge in [-0.2, -0.15) is 15.1 Å². The molecule has 4 rings (SSSR count). The third-order valence-electron chi connectivity index (χ3n) is 4.23. The molecular weight excluding hydrogens is 324 g/mol. The number of hydrogen-bond donors (Lipinski definition) is 1. The maximum Gasteiger partial charge on any atom is 0.326 e. The fraction of sp³-hybridized carbons (Fsp3) is 0.312. The molecule has 1 amide bonds. The van der Waals surface area contributed by atoms with Crippen LogP contribution < -0.4 is 4.74 Å². The van der Waals surface area contributed by atoms with Crippen molar-refractivity contribution < 1.29 is 14.6 Å². The Hall–Kier alpha value is -3.23. The SMILES string of the molecule is CC(=O)N1CC[C@@H](n2cc(Oc3nc(O)c4ccncc4n3)cn2)C1. The standard InChI is InChI=1S/C16H16N6O3/c1-10(23)21-5-3-11(8-21)22-9-12(6-18-22)25-16-19-14-7-17-4-2-13(14)15(24)20-16/h2,4,6-7,9,11H,3,5,8H2,1H3,(H,19,20,24)/t11-/m1/s1. The predicted octanol–water partition coefficient (Wildman–Crippen LogP) is 1.51. The van der Waals surface area contributed by atoms with E-state index in [9.17, 15) is 9.90 Å². The van der Waals surface area contributed by atoms with E-state index in [1.54, 1.807) is 41.2 Å². The van der Waals surface area contributed by atoms with Gasteiger partial charge in [-0.3, -0.25) is 14.5 Å². The molecule has 1 N–H and O–H groups in total. The van der Waals surface area contributed by atoms with E-state index in [0.717, 1.165) is 13.0 Å². The highest BCUT2D eigenvalue weighted by Gasteiger charge is 2.26. The van der Waals surface area contributed by atoms with Crippen molar-refractivity contribution in [3.05, 3.63) is 30.9 Å². The molecule has 1 fully saturated rings. The zero-order chi connectivity index (χ0) is 17.4. The highest BCUT2D eigenvalue weighted by atomic mass is 16.5. The van der Waals surface area contributed by atoms with Crippen molar-refractivity contribution in [3.8, 4) is 17.6 Å². The fourth-order valence-corrected chi connectivity index (χ4v) is 2.91. The average molecular weight is 340 g/mol. The van der Waals surface area contributed by atoms with Crippen molar-refractivity contribution >= 4 is 16.8 Å². The first-order chi connectivity index (χ1) is 12.1. The molecule has 0 spiro atoms. The van der Waals surface area contributed by atoms with Crippen LogP contribution in [0.25, 0.3) is 10.9 Å². The summed E-state index contributed by atoms with van der Waals surface area (Å²) in [7, 11) is 0. The monoisotopic (exact) mass is 340 g/mol. The molecule has 25 heavy (non-hydrogen) atoms. The van der Waals surface area contributed by atoms with Crippen molar-refractivity contribution in [3.63, 3.8) is 0 Å². The lowest BCUT2D eigenvalue weighted by atomic mass is 10.3. The Morgan fingerprint density at radius 2 is 2.24 bits per heavy atom. The van der Waals surface area contributed by atoms with E-state index in [2.05, 4.69) is 20.1 Å². The van der Waals surface area contributed by atoms with Gasteiger partial charge in [0.05, 0.1) is 35.5 Å². The first kappa shape index (κ1) is 15.3. The summed E-state index contributed by atoms with van der Waals surface area (Å²) in [6.45, 7) is 2.93. The van der Waals surface area contributed by atoms with Crippen LogP contribution in [-0.4, -0.2) is 53.7 Å². The van der Waals surface area contributed by atoms with Crippen molar-refractivity contribution in [2.24, 2.45) is 0 Å². The maximum absolute atomic E-state index is 11.4. The second-order valence-electron chi connectivity index (χ2n) is 5.89. The Kier molecular flexibility index (Phi) is 3.68. The second kappa shape index (κ2) is 6.00. The molecule has 0 aliphatic carbocycles. The number of fused-ring (bicyclic) bond motifs is 1. The largest absolute Gasteiger partial charge is 0.493 e. The number of rotatable bonds is 3. The van der Waals surface area contributed by atoms with Crippen molar-refractivity contribution in [2.45, 2.75) is 19.4 Å². The Morgan fingerprint density at radius 3 is 3.04 bits per heavy atom. The first-order valence-corrected chi connectivity index (χ1v) is 7.88. The van der Waals surface area contributed by atoms with Gasteiger partial charge in [-0.05, 0) is 12.5 Å². The lowest BCUT2D eigenvalue weighted by molar-refractivity contribution is -0.127. The third kappa shape index (κ3) is 2.95. The summed E-state index contributed by atoms with van der Waals surface area (Å²) in [5.41, 5.74) is 0.491. The molecule has 0 radical (unpaired) electrons.